The number of hydrogen-bond donors (Lipinski definition) is 1. The number of rotatable bonds is 4. The summed E-state index contributed by atoms with van der Waals surface area (Å²) in [5, 5.41) is 2.93. The van der Waals surface area contributed by atoms with Crippen molar-refractivity contribution in [2.24, 2.45) is 0 Å². The molecule has 0 radical (unpaired) electrons. The van der Waals surface area contributed by atoms with Crippen LogP contribution >= 0.6 is 24.0 Å². The normalized spacial score (nSPS) is 15.8. The van der Waals surface area contributed by atoms with Gasteiger partial charge in [0.1, 0.15) is 4.32 Å². The van der Waals surface area contributed by atoms with Crippen LogP contribution < -0.4 is 5.32 Å². The number of aryl methyl sites for hydroxylation is 1. The van der Waals surface area contributed by atoms with Crippen molar-refractivity contribution in [1.82, 2.24) is 4.90 Å². The van der Waals surface area contributed by atoms with E-state index in [-0.39, 0.29) is 11.2 Å². The molecule has 3 nitrogen and oxygen atoms in total. The molecule has 0 aromatic heterocycles. The van der Waals surface area contributed by atoms with Gasteiger partial charge in [0.2, 0.25) is 5.91 Å². The first-order valence-electron chi connectivity index (χ1n) is 8.26. The molecule has 1 fully saturated rings. The number of para-hydroxylation sites is 1. The first-order chi connectivity index (χ1) is 10.9. The number of thioether (sulfide) groups is 1. The Hall–Kier alpha value is -1.07. The van der Waals surface area contributed by atoms with Crippen molar-refractivity contribution in [2.75, 3.05) is 18.4 Å². The number of likely N-dealkylation sites (tertiary alicyclic amines) is 1. The molecule has 1 atom stereocenters. The Morgan fingerprint density at radius 2 is 1.91 bits per heavy atom. The highest BCUT2D eigenvalue weighted by molar-refractivity contribution is 8.23. The number of hydrogen-bond acceptors (Lipinski definition) is 3. The lowest BCUT2D eigenvalue weighted by Gasteiger charge is -2.22. The summed E-state index contributed by atoms with van der Waals surface area (Å²) in [5.41, 5.74) is 3.23. The van der Waals surface area contributed by atoms with E-state index in [9.17, 15) is 4.79 Å². The van der Waals surface area contributed by atoms with Crippen molar-refractivity contribution in [2.45, 2.75) is 51.7 Å². The molecule has 1 amide bonds. The minimum absolute atomic E-state index is 0.0211. The second-order valence-corrected chi connectivity index (χ2v) is 8.38. The van der Waals surface area contributed by atoms with Crippen LogP contribution in [0.25, 0.3) is 0 Å². The van der Waals surface area contributed by atoms with E-state index in [2.05, 4.69) is 30.1 Å². The summed E-state index contributed by atoms with van der Waals surface area (Å²) in [6, 6.07) is 6.16. The van der Waals surface area contributed by atoms with Crippen molar-refractivity contribution in [3.05, 3.63) is 29.3 Å². The molecule has 1 heterocycles. The lowest BCUT2D eigenvalue weighted by Crippen LogP contribution is -2.29. The third-order valence-electron chi connectivity index (χ3n) is 4.19. The van der Waals surface area contributed by atoms with Crippen molar-refractivity contribution in [1.29, 1.82) is 0 Å². The fourth-order valence-electron chi connectivity index (χ4n) is 2.75. The van der Waals surface area contributed by atoms with Gasteiger partial charge < -0.3 is 10.2 Å². The van der Waals surface area contributed by atoms with E-state index in [4.69, 9.17) is 12.2 Å². The maximum Gasteiger partial charge on any atom is 0.237 e. The summed E-state index contributed by atoms with van der Waals surface area (Å²) >= 11 is 6.97. The van der Waals surface area contributed by atoms with Crippen LogP contribution in [0.4, 0.5) is 5.69 Å². The molecule has 5 heteroatoms. The molecular formula is C18H26N2OS2. The van der Waals surface area contributed by atoms with Crippen molar-refractivity contribution in [3.63, 3.8) is 0 Å². The molecule has 0 aliphatic carbocycles. The molecule has 1 aliphatic heterocycles. The van der Waals surface area contributed by atoms with Crippen LogP contribution in [0.2, 0.25) is 0 Å². The monoisotopic (exact) mass is 350 g/mol. The smallest absolute Gasteiger partial charge is 0.237 e. The van der Waals surface area contributed by atoms with Gasteiger partial charge in [-0.2, -0.15) is 0 Å². The average molecular weight is 351 g/mol. The zero-order valence-electron chi connectivity index (χ0n) is 14.4. The van der Waals surface area contributed by atoms with Gasteiger partial charge in [-0.15, -0.1) is 0 Å². The van der Waals surface area contributed by atoms with Crippen LogP contribution in [0.5, 0.6) is 0 Å². The predicted molar refractivity (Wildman–Crippen MR) is 104 cm³/mol. The van der Waals surface area contributed by atoms with Crippen molar-refractivity contribution >= 4 is 39.9 Å². The summed E-state index contributed by atoms with van der Waals surface area (Å²) < 4.78 is 0.846. The SMILES string of the molecule is Cc1cccc(C(C)C)c1NC(=O)[C@@H](C)SC(=S)N1CCCC1. The minimum atomic E-state index is -0.192. The molecule has 23 heavy (non-hydrogen) atoms. The van der Waals surface area contributed by atoms with Crippen LogP contribution in [0, 0.1) is 6.92 Å². The third kappa shape index (κ3) is 4.70. The van der Waals surface area contributed by atoms with E-state index in [0.29, 0.717) is 5.92 Å². The Labute approximate surface area is 149 Å². The molecule has 1 N–H and O–H groups in total. The molecule has 1 aromatic rings. The van der Waals surface area contributed by atoms with Gasteiger partial charge in [0.15, 0.2) is 0 Å². The van der Waals surface area contributed by atoms with Crippen molar-refractivity contribution in [3.8, 4) is 0 Å². The van der Waals surface area contributed by atoms with E-state index >= 15 is 0 Å². The summed E-state index contributed by atoms with van der Waals surface area (Å²) in [7, 11) is 0. The van der Waals surface area contributed by atoms with Gasteiger partial charge >= 0.3 is 0 Å². The maximum absolute atomic E-state index is 12.6. The van der Waals surface area contributed by atoms with Gasteiger partial charge in [0.05, 0.1) is 5.25 Å². The summed E-state index contributed by atoms with van der Waals surface area (Å²) in [5.74, 6) is 0.395. The number of anilines is 1. The van der Waals surface area contributed by atoms with Gasteiger partial charge in [-0.1, -0.05) is 56.0 Å². The van der Waals surface area contributed by atoms with Crippen LogP contribution in [0.1, 0.15) is 50.7 Å². The second-order valence-electron chi connectivity index (χ2n) is 6.40. The Morgan fingerprint density at radius 1 is 1.26 bits per heavy atom. The van der Waals surface area contributed by atoms with Gasteiger partial charge in [0, 0.05) is 18.8 Å². The highest BCUT2D eigenvalue weighted by Gasteiger charge is 2.22. The quantitative estimate of drug-likeness (QED) is 0.807. The Morgan fingerprint density at radius 3 is 2.52 bits per heavy atom. The van der Waals surface area contributed by atoms with E-state index in [1.165, 1.54) is 30.2 Å². The summed E-state index contributed by atoms with van der Waals surface area (Å²) in [4.78, 5) is 14.8. The van der Waals surface area contributed by atoms with Gasteiger partial charge in [-0.3, -0.25) is 4.79 Å². The number of thiocarbonyl (C=S) groups is 1. The standard InChI is InChI=1S/C18H26N2OS2/c1-12(2)15-9-7-8-13(3)16(15)19-17(21)14(4)23-18(22)20-10-5-6-11-20/h7-9,12,14H,5-6,10-11H2,1-4H3,(H,19,21)/t14-/m1/s1. The van der Waals surface area contributed by atoms with Crippen LogP contribution in [-0.4, -0.2) is 33.5 Å². The van der Waals surface area contributed by atoms with E-state index in [1.54, 1.807) is 0 Å². The molecule has 0 saturated carbocycles. The number of amides is 1. The van der Waals surface area contributed by atoms with Crippen LogP contribution in [0.3, 0.4) is 0 Å². The summed E-state index contributed by atoms with van der Waals surface area (Å²) in [6.45, 7) is 10.3. The number of benzene rings is 1. The van der Waals surface area contributed by atoms with E-state index in [1.807, 2.05) is 26.0 Å². The average Bonchev–Trinajstić information content (AvgIpc) is 3.03. The Balaban J connectivity index is 2.02. The first kappa shape index (κ1) is 18.3. The molecular weight excluding hydrogens is 324 g/mol. The molecule has 0 unspecified atom stereocenters. The highest BCUT2D eigenvalue weighted by atomic mass is 32.2. The maximum atomic E-state index is 12.6. The predicted octanol–water partition coefficient (Wildman–Crippen LogP) is 4.56. The number of carbonyl (C=O) groups is 1. The van der Waals surface area contributed by atoms with E-state index < -0.39 is 0 Å². The molecule has 126 valence electrons. The lowest BCUT2D eigenvalue weighted by molar-refractivity contribution is -0.115. The largest absolute Gasteiger partial charge is 0.358 e. The number of nitrogens with zero attached hydrogens (tertiary/aromatic N) is 1. The molecule has 1 saturated heterocycles. The van der Waals surface area contributed by atoms with Crippen LogP contribution in [-0.2, 0) is 4.79 Å². The molecule has 0 bridgehead atoms. The minimum Gasteiger partial charge on any atom is -0.358 e. The third-order valence-corrected chi connectivity index (χ3v) is 5.76. The molecule has 1 aliphatic rings. The van der Waals surface area contributed by atoms with Gasteiger partial charge in [0.25, 0.3) is 0 Å². The Bertz CT molecular complexity index is 580. The summed E-state index contributed by atoms with van der Waals surface area (Å²) in [6.07, 6.45) is 2.39. The van der Waals surface area contributed by atoms with Gasteiger partial charge in [-0.25, -0.2) is 0 Å². The zero-order valence-corrected chi connectivity index (χ0v) is 16.0. The molecule has 2 rings (SSSR count). The first-order valence-corrected chi connectivity index (χ1v) is 9.55. The van der Waals surface area contributed by atoms with Crippen LogP contribution in [0.15, 0.2) is 18.2 Å². The highest BCUT2D eigenvalue weighted by Crippen LogP contribution is 2.28. The fraction of sp³-hybridized carbons (Fsp3) is 0.556. The number of carbonyl (C=O) groups excluding carboxylic acids is 1. The molecule has 0 spiro atoms. The fourth-order valence-corrected chi connectivity index (χ4v) is 4.16. The topological polar surface area (TPSA) is 32.3 Å². The van der Waals surface area contributed by atoms with Crippen molar-refractivity contribution < 1.29 is 4.79 Å². The molecule has 1 aromatic carbocycles. The Kier molecular flexibility index (Phi) is 6.48. The number of nitrogens with one attached hydrogen (secondary N) is 1. The zero-order chi connectivity index (χ0) is 17.0. The lowest BCUT2D eigenvalue weighted by atomic mass is 9.98. The van der Waals surface area contributed by atoms with Gasteiger partial charge in [-0.05, 0) is 43.7 Å². The second kappa shape index (κ2) is 8.15. The van der Waals surface area contributed by atoms with E-state index in [0.717, 1.165) is 28.7 Å².